The molecule has 1 aliphatic heterocycles. The molecule has 1 unspecified atom stereocenters. The van der Waals surface area contributed by atoms with Gasteiger partial charge < -0.3 is 9.84 Å². The second-order valence-corrected chi connectivity index (χ2v) is 3.48. The van der Waals surface area contributed by atoms with E-state index in [0.29, 0.717) is 22.9 Å². The van der Waals surface area contributed by atoms with Gasteiger partial charge in [-0.2, -0.15) is 0 Å². The number of hydrogen-bond acceptors (Lipinski definition) is 4. The van der Waals surface area contributed by atoms with E-state index >= 15 is 0 Å². The van der Waals surface area contributed by atoms with Crippen LogP contribution < -0.4 is 0 Å². The number of carbonyl (C=O) groups is 1. The summed E-state index contributed by atoms with van der Waals surface area (Å²) < 4.78 is 4.98. The van der Waals surface area contributed by atoms with Crippen molar-refractivity contribution in [1.29, 1.82) is 0 Å². The topological polar surface area (TPSA) is 46.5 Å². The summed E-state index contributed by atoms with van der Waals surface area (Å²) in [6.07, 6.45) is 1.24. The zero-order valence-electron chi connectivity index (χ0n) is 6.28. The molecule has 0 saturated carbocycles. The number of rotatable bonds is 3. The maximum atomic E-state index is 10.2. The summed E-state index contributed by atoms with van der Waals surface area (Å²) in [4.78, 5) is 10.2. The van der Waals surface area contributed by atoms with Crippen LogP contribution in [0, 0.1) is 5.92 Å². The van der Waals surface area contributed by atoms with Crippen LogP contribution in [0.3, 0.4) is 0 Å². The van der Waals surface area contributed by atoms with E-state index in [1.807, 2.05) is 0 Å². The molecule has 0 aromatic heterocycles. The van der Waals surface area contributed by atoms with Crippen molar-refractivity contribution < 1.29 is 14.6 Å². The van der Waals surface area contributed by atoms with Gasteiger partial charge in [-0.05, 0) is 30.9 Å². The Morgan fingerprint density at radius 2 is 2.33 bits per heavy atom. The molecule has 0 radical (unpaired) electrons. The third kappa shape index (κ3) is 2.49. The molecular weight excluding hydrogens is 196 g/mol. The Morgan fingerprint density at radius 1 is 1.67 bits per heavy atom. The van der Waals surface area contributed by atoms with Crippen LogP contribution in [0.2, 0.25) is 0 Å². The highest BCUT2D eigenvalue weighted by atomic mass is 32.1. The SMILES string of the molecule is O=C(O)CCC1CC(=S)OC1=S. The van der Waals surface area contributed by atoms with Crippen LogP contribution >= 0.6 is 24.4 Å². The highest BCUT2D eigenvalue weighted by Crippen LogP contribution is 2.23. The van der Waals surface area contributed by atoms with E-state index in [0.717, 1.165) is 0 Å². The van der Waals surface area contributed by atoms with Gasteiger partial charge in [0.25, 0.3) is 0 Å². The summed E-state index contributed by atoms with van der Waals surface area (Å²) in [7, 11) is 0. The molecular formula is C7H8O3S2. The zero-order valence-corrected chi connectivity index (χ0v) is 7.91. The average Bonchev–Trinajstić information content (AvgIpc) is 2.26. The Hall–Kier alpha value is -0.550. The first-order valence-corrected chi connectivity index (χ1v) is 4.37. The summed E-state index contributed by atoms with van der Waals surface area (Å²) in [6, 6.07) is 0. The van der Waals surface area contributed by atoms with Gasteiger partial charge in [0.1, 0.15) is 0 Å². The van der Waals surface area contributed by atoms with Crippen molar-refractivity contribution in [3.8, 4) is 0 Å². The molecule has 1 rings (SSSR count). The van der Waals surface area contributed by atoms with E-state index in [1.165, 1.54) is 0 Å². The fraction of sp³-hybridized carbons (Fsp3) is 0.571. The van der Waals surface area contributed by atoms with Crippen LogP contribution in [0.25, 0.3) is 0 Å². The molecule has 0 aromatic carbocycles. The molecule has 1 heterocycles. The van der Waals surface area contributed by atoms with Gasteiger partial charge in [-0.1, -0.05) is 0 Å². The Morgan fingerprint density at radius 3 is 2.75 bits per heavy atom. The van der Waals surface area contributed by atoms with Gasteiger partial charge in [0.2, 0.25) is 0 Å². The molecule has 0 spiro atoms. The zero-order chi connectivity index (χ0) is 9.14. The van der Waals surface area contributed by atoms with E-state index in [-0.39, 0.29) is 12.3 Å². The number of hydrogen-bond donors (Lipinski definition) is 1. The highest BCUT2D eigenvalue weighted by Gasteiger charge is 2.27. The van der Waals surface area contributed by atoms with E-state index in [4.69, 9.17) is 34.3 Å². The molecule has 1 aliphatic rings. The lowest BCUT2D eigenvalue weighted by Crippen LogP contribution is -2.07. The fourth-order valence-corrected chi connectivity index (χ4v) is 1.68. The van der Waals surface area contributed by atoms with Crippen molar-refractivity contribution in [2.75, 3.05) is 0 Å². The van der Waals surface area contributed by atoms with Crippen molar-refractivity contribution in [1.82, 2.24) is 0 Å². The normalized spacial score (nSPS) is 22.5. The highest BCUT2D eigenvalue weighted by molar-refractivity contribution is 7.81. The van der Waals surface area contributed by atoms with E-state index < -0.39 is 5.97 Å². The molecule has 1 atom stereocenters. The van der Waals surface area contributed by atoms with Gasteiger partial charge in [0.05, 0.1) is 0 Å². The standard InChI is InChI=1S/C7H8O3S2/c8-5(9)2-1-4-3-6(11)10-7(4)12/h4H,1-3H2,(H,8,9). The number of ether oxygens (including phenoxy) is 1. The smallest absolute Gasteiger partial charge is 0.303 e. The maximum Gasteiger partial charge on any atom is 0.303 e. The van der Waals surface area contributed by atoms with Gasteiger partial charge >= 0.3 is 5.97 Å². The number of aliphatic carboxylic acids is 1. The number of carboxylic acids is 1. The minimum Gasteiger partial charge on any atom is -0.481 e. The lowest BCUT2D eigenvalue weighted by atomic mass is 10.0. The van der Waals surface area contributed by atoms with Crippen LogP contribution in [0.4, 0.5) is 0 Å². The molecule has 1 saturated heterocycles. The van der Waals surface area contributed by atoms with Crippen LogP contribution in [-0.4, -0.2) is 21.2 Å². The lowest BCUT2D eigenvalue weighted by Gasteiger charge is -2.02. The van der Waals surface area contributed by atoms with Crippen LogP contribution in [0.5, 0.6) is 0 Å². The van der Waals surface area contributed by atoms with Gasteiger partial charge in [-0.25, -0.2) is 0 Å². The first-order chi connectivity index (χ1) is 5.59. The number of thiocarbonyl (C=S) groups is 2. The predicted molar refractivity (Wildman–Crippen MR) is 51.3 cm³/mol. The monoisotopic (exact) mass is 204 g/mol. The average molecular weight is 204 g/mol. The molecule has 0 aliphatic carbocycles. The van der Waals surface area contributed by atoms with Crippen LogP contribution in [-0.2, 0) is 9.53 Å². The van der Waals surface area contributed by atoms with Crippen LogP contribution in [0.1, 0.15) is 19.3 Å². The van der Waals surface area contributed by atoms with Crippen molar-refractivity contribution in [2.24, 2.45) is 5.92 Å². The summed E-state index contributed by atoms with van der Waals surface area (Å²) >= 11 is 9.66. The van der Waals surface area contributed by atoms with Crippen molar-refractivity contribution >= 4 is 40.5 Å². The van der Waals surface area contributed by atoms with Gasteiger partial charge in [0, 0.05) is 18.8 Å². The molecule has 3 nitrogen and oxygen atoms in total. The Bertz CT molecular complexity index is 237. The minimum atomic E-state index is -0.810. The largest absolute Gasteiger partial charge is 0.481 e. The Labute approximate surface area is 80.7 Å². The fourth-order valence-electron chi connectivity index (χ4n) is 1.04. The quantitative estimate of drug-likeness (QED) is 0.707. The Kier molecular flexibility index (Phi) is 3.11. The van der Waals surface area contributed by atoms with Gasteiger partial charge in [-0.3, -0.25) is 4.79 Å². The maximum absolute atomic E-state index is 10.2. The molecule has 5 heteroatoms. The molecule has 1 fully saturated rings. The third-order valence-electron chi connectivity index (χ3n) is 1.67. The van der Waals surface area contributed by atoms with Gasteiger partial charge in [0.15, 0.2) is 10.1 Å². The molecule has 0 amide bonds. The lowest BCUT2D eigenvalue weighted by molar-refractivity contribution is -0.137. The molecule has 12 heavy (non-hydrogen) atoms. The molecule has 1 N–H and O–H groups in total. The minimum absolute atomic E-state index is 0.0311. The second-order valence-electron chi connectivity index (χ2n) is 2.63. The van der Waals surface area contributed by atoms with Crippen molar-refractivity contribution in [3.05, 3.63) is 0 Å². The summed E-state index contributed by atoms with van der Waals surface area (Å²) in [5.41, 5.74) is 0. The number of carboxylic acid groups (broad SMARTS) is 1. The van der Waals surface area contributed by atoms with E-state index in [1.54, 1.807) is 0 Å². The summed E-state index contributed by atoms with van der Waals surface area (Å²) in [5.74, 6) is -0.779. The predicted octanol–water partition coefficient (Wildman–Crippen LogP) is 1.54. The molecule has 0 bridgehead atoms. The van der Waals surface area contributed by atoms with Crippen molar-refractivity contribution in [3.63, 3.8) is 0 Å². The molecule has 0 aromatic rings. The van der Waals surface area contributed by atoms with Crippen LogP contribution in [0.15, 0.2) is 0 Å². The third-order valence-corrected chi connectivity index (χ3v) is 2.33. The summed E-state index contributed by atoms with van der Waals surface area (Å²) in [5, 5.41) is 9.34. The second kappa shape index (κ2) is 3.91. The van der Waals surface area contributed by atoms with Crippen molar-refractivity contribution in [2.45, 2.75) is 19.3 Å². The van der Waals surface area contributed by atoms with Gasteiger partial charge in [-0.15, -0.1) is 0 Å². The summed E-state index contributed by atoms with van der Waals surface area (Å²) in [6.45, 7) is 0. The van der Waals surface area contributed by atoms with E-state index in [9.17, 15) is 4.79 Å². The molecule has 66 valence electrons. The first-order valence-electron chi connectivity index (χ1n) is 3.56. The van der Waals surface area contributed by atoms with E-state index in [2.05, 4.69) is 0 Å². The first kappa shape index (κ1) is 9.54. The Balaban J connectivity index is 2.38.